The average Bonchev–Trinajstić information content (AvgIpc) is 2.81. The second-order valence-electron chi connectivity index (χ2n) is 4.92. The second kappa shape index (κ2) is 5.85. The number of carbonyl (C=O) groups is 1. The largest absolute Gasteiger partial charge is 0.335 e. The highest BCUT2D eigenvalue weighted by Crippen LogP contribution is 2.18. The number of benzene rings is 1. The number of hydrogen-bond donors (Lipinski definition) is 1. The first kappa shape index (κ1) is 12.9. The number of urea groups is 1. The van der Waals surface area contributed by atoms with Crippen LogP contribution in [0.25, 0.3) is 0 Å². The molecule has 1 aromatic rings. The highest BCUT2D eigenvalue weighted by atomic mass is 19.1. The molecule has 0 unspecified atom stereocenters. The number of hydrogen-bond acceptors (Lipinski definition) is 1. The summed E-state index contributed by atoms with van der Waals surface area (Å²) in [5.41, 5.74) is 0.805. The molecule has 1 N–H and O–H groups in total. The summed E-state index contributed by atoms with van der Waals surface area (Å²) >= 11 is 0. The molecule has 3 nitrogen and oxygen atoms in total. The summed E-state index contributed by atoms with van der Waals surface area (Å²) in [7, 11) is 1.73. The molecule has 0 spiro atoms. The van der Waals surface area contributed by atoms with E-state index >= 15 is 0 Å². The first-order valence-corrected chi connectivity index (χ1v) is 6.41. The van der Waals surface area contributed by atoms with Gasteiger partial charge in [0, 0.05) is 19.6 Å². The second-order valence-corrected chi connectivity index (χ2v) is 4.92. The summed E-state index contributed by atoms with van der Waals surface area (Å²) < 4.78 is 13.0. The average molecular weight is 250 g/mol. The van der Waals surface area contributed by atoms with E-state index < -0.39 is 0 Å². The zero-order chi connectivity index (χ0) is 13.0. The van der Waals surface area contributed by atoms with Crippen molar-refractivity contribution in [3.63, 3.8) is 0 Å². The third kappa shape index (κ3) is 3.45. The van der Waals surface area contributed by atoms with E-state index in [1.807, 2.05) is 6.07 Å². The van der Waals surface area contributed by atoms with Crippen LogP contribution in [0.3, 0.4) is 0 Å². The van der Waals surface area contributed by atoms with E-state index in [4.69, 9.17) is 0 Å². The third-order valence-electron chi connectivity index (χ3n) is 3.34. The van der Waals surface area contributed by atoms with Crippen LogP contribution in [0.15, 0.2) is 24.3 Å². The Labute approximate surface area is 107 Å². The lowest BCUT2D eigenvalue weighted by Crippen LogP contribution is -2.41. The van der Waals surface area contributed by atoms with Crippen LogP contribution >= 0.6 is 0 Å². The van der Waals surface area contributed by atoms with Gasteiger partial charge >= 0.3 is 6.03 Å². The summed E-state index contributed by atoms with van der Waals surface area (Å²) in [6.07, 6.45) is 4.52. The maximum atomic E-state index is 13.0. The fourth-order valence-corrected chi connectivity index (χ4v) is 2.34. The molecule has 0 atom stereocenters. The zero-order valence-corrected chi connectivity index (χ0v) is 10.7. The molecule has 1 aliphatic rings. The molecular weight excluding hydrogens is 231 g/mol. The highest BCUT2D eigenvalue weighted by Gasteiger charge is 2.19. The van der Waals surface area contributed by atoms with Gasteiger partial charge in [0.15, 0.2) is 0 Å². The fraction of sp³-hybridized carbons (Fsp3) is 0.500. The number of rotatable bonds is 3. The number of halogens is 1. The smallest absolute Gasteiger partial charge is 0.317 e. The van der Waals surface area contributed by atoms with Crippen molar-refractivity contribution in [3.05, 3.63) is 35.6 Å². The minimum Gasteiger partial charge on any atom is -0.335 e. The van der Waals surface area contributed by atoms with Gasteiger partial charge in [-0.15, -0.1) is 0 Å². The Morgan fingerprint density at radius 3 is 2.83 bits per heavy atom. The molecule has 4 heteroatoms. The van der Waals surface area contributed by atoms with E-state index in [2.05, 4.69) is 5.32 Å². The summed E-state index contributed by atoms with van der Waals surface area (Å²) in [6, 6.07) is 6.58. The van der Waals surface area contributed by atoms with Crippen molar-refractivity contribution in [1.29, 1.82) is 0 Å². The Balaban J connectivity index is 1.86. The molecular formula is C14H19FN2O. The van der Waals surface area contributed by atoms with E-state index in [-0.39, 0.29) is 11.8 Å². The Morgan fingerprint density at radius 2 is 2.17 bits per heavy atom. The van der Waals surface area contributed by atoms with E-state index in [0.29, 0.717) is 12.6 Å². The van der Waals surface area contributed by atoms with Crippen molar-refractivity contribution >= 4 is 6.03 Å². The van der Waals surface area contributed by atoms with E-state index in [9.17, 15) is 9.18 Å². The minimum atomic E-state index is -0.267. The number of carbonyl (C=O) groups excluding carboxylic acids is 1. The van der Waals surface area contributed by atoms with Crippen molar-refractivity contribution < 1.29 is 9.18 Å². The molecule has 2 amide bonds. The molecule has 0 aliphatic heterocycles. The first-order chi connectivity index (χ1) is 8.65. The van der Waals surface area contributed by atoms with Gasteiger partial charge in [-0.25, -0.2) is 9.18 Å². The van der Waals surface area contributed by atoms with Crippen molar-refractivity contribution in [2.75, 3.05) is 7.05 Å². The molecule has 0 saturated heterocycles. The topological polar surface area (TPSA) is 32.3 Å². The molecule has 1 aliphatic carbocycles. The fourth-order valence-electron chi connectivity index (χ4n) is 2.34. The van der Waals surface area contributed by atoms with Crippen LogP contribution in [0.4, 0.5) is 9.18 Å². The molecule has 2 rings (SSSR count). The molecule has 1 fully saturated rings. The Kier molecular flexibility index (Phi) is 4.18. The van der Waals surface area contributed by atoms with E-state index in [1.165, 1.54) is 25.0 Å². The summed E-state index contributed by atoms with van der Waals surface area (Å²) in [5.74, 6) is -0.267. The quantitative estimate of drug-likeness (QED) is 0.879. The normalized spacial score (nSPS) is 15.7. The van der Waals surface area contributed by atoms with Gasteiger partial charge in [0.05, 0.1) is 0 Å². The molecule has 0 heterocycles. The van der Waals surface area contributed by atoms with Crippen LogP contribution in [0.2, 0.25) is 0 Å². The van der Waals surface area contributed by atoms with Crippen molar-refractivity contribution in [1.82, 2.24) is 10.2 Å². The van der Waals surface area contributed by atoms with Gasteiger partial charge in [0.2, 0.25) is 0 Å². The van der Waals surface area contributed by atoms with Gasteiger partial charge in [-0.1, -0.05) is 25.0 Å². The molecule has 0 bridgehead atoms. The van der Waals surface area contributed by atoms with Gasteiger partial charge in [-0.3, -0.25) is 0 Å². The van der Waals surface area contributed by atoms with E-state index in [1.54, 1.807) is 18.0 Å². The summed E-state index contributed by atoms with van der Waals surface area (Å²) in [5, 5.41) is 3.01. The molecule has 18 heavy (non-hydrogen) atoms. The standard InChI is InChI=1S/C14H19FN2O/c1-17(10-11-5-4-6-12(15)9-11)14(18)16-13-7-2-3-8-13/h4-6,9,13H,2-3,7-8,10H2,1H3,(H,16,18). The van der Waals surface area contributed by atoms with Crippen molar-refractivity contribution in [2.24, 2.45) is 0 Å². The third-order valence-corrected chi connectivity index (χ3v) is 3.34. The number of nitrogens with zero attached hydrogens (tertiary/aromatic N) is 1. The van der Waals surface area contributed by atoms with Crippen LogP contribution in [-0.2, 0) is 6.54 Å². The van der Waals surface area contributed by atoms with Gasteiger partial charge in [-0.05, 0) is 30.5 Å². The summed E-state index contributed by atoms with van der Waals surface area (Å²) in [4.78, 5) is 13.5. The maximum Gasteiger partial charge on any atom is 0.317 e. The maximum absolute atomic E-state index is 13.0. The zero-order valence-electron chi connectivity index (χ0n) is 10.7. The van der Waals surface area contributed by atoms with Crippen LogP contribution in [0, 0.1) is 5.82 Å². The predicted molar refractivity (Wildman–Crippen MR) is 68.7 cm³/mol. The van der Waals surface area contributed by atoms with Gasteiger partial charge in [0.25, 0.3) is 0 Å². The van der Waals surface area contributed by atoms with Crippen LogP contribution < -0.4 is 5.32 Å². The SMILES string of the molecule is CN(Cc1cccc(F)c1)C(=O)NC1CCCC1. The summed E-state index contributed by atoms with van der Waals surface area (Å²) in [6.45, 7) is 0.427. The van der Waals surface area contributed by atoms with E-state index in [0.717, 1.165) is 18.4 Å². The van der Waals surface area contributed by atoms with Gasteiger partial charge in [0.1, 0.15) is 5.82 Å². The predicted octanol–water partition coefficient (Wildman–Crippen LogP) is 2.91. The van der Waals surface area contributed by atoms with Gasteiger partial charge in [-0.2, -0.15) is 0 Å². The molecule has 1 saturated carbocycles. The highest BCUT2D eigenvalue weighted by molar-refractivity contribution is 5.74. The van der Waals surface area contributed by atoms with Crippen LogP contribution in [0.1, 0.15) is 31.2 Å². The van der Waals surface area contributed by atoms with Crippen LogP contribution in [0.5, 0.6) is 0 Å². The van der Waals surface area contributed by atoms with Crippen molar-refractivity contribution in [2.45, 2.75) is 38.3 Å². The molecule has 0 aromatic heterocycles. The lowest BCUT2D eigenvalue weighted by atomic mass is 10.2. The molecule has 1 aromatic carbocycles. The Bertz CT molecular complexity index is 416. The van der Waals surface area contributed by atoms with Crippen LogP contribution in [-0.4, -0.2) is 24.0 Å². The Hall–Kier alpha value is -1.58. The lowest BCUT2D eigenvalue weighted by Gasteiger charge is -2.21. The number of amides is 2. The first-order valence-electron chi connectivity index (χ1n) is 6.41. The Morgan fingerprint density at radius 1 is 1.44 bits per heavy atom. The number of nitrogens with one attached hydrogen (secondary N) is 1. The van der Waals surface area contributed by atoms with Crippen molar-refractivity contribution in [3.8, 4) is 0 Å². The molecule has 0 radical (unpaired) electrons. The minimum absolute atomic E-state index is 0.0776. The van der Waals surface area contributed by atoms with Gasteiger partial charge < -0.3 is 10.2 Å². The molecule has 98 valence electrons. The monoisotopic (exact) mass is 250 g/mol. The lowest BCUT2D eigenvalue weighted by molar-refractivity contribution is 0.202.